The third-order valence-electron chi connectivity index (χ3n) is 4.73. The maximum Gasteiger partial charge on any atom is 0.261 e. The fraction of sp³-hybridized carbons (Fsp3) is 0.167. The standard InChI is InChI=1S/C24H24ClNO6S/c1-29-21-11-10-19(15-20(21)25)33(27,28)26-18-7-5-6-16(12-18)8-9-17-13-22(30-2)24(32-4)23(14-17)31-3/h5-15,26H,1-4H3. The van der Waals surface area contributed by atoms with Crippen LogP contribution < -0.4 is 23.7 Å². The highest BCUT2D eigenvalue weighted by molar-refractivity contribution is 7.92. The molecule has 9 heteroatoms. The summed E-state index contributed by atoms with van der Waals surface area (Å²) in [6, 6.07) is 14.9. The molecular weight excluding hydrogens is 466 g/mol. The van der Waals surface area contributed by atoms with Crippen molar-refractivity contribution in [1.82, 2.24) is 0 Å². The molecule has 174 valence electrons. The van der Waals surface area contributed by atoms with Gasteiger partial charge in [0.2, 0.25) is 5.75 Å². The molecule has 0 unspecified atom stereocenters. The second-order valence-corrected chi connectivity index (χ2v) is 8.91. The number of anilines is 1. The van der Waals surface area contributed by atoms with Gasteiger partial charge < -0.3 is 18.9 Å². The minimum Gasteiger partial charge on any atom is -0.495 e. The molecule has 0 amide bonds. The number of sulfonamides is 1. The Hall–Kier alpha value is -3.36. The maximum atomic E-state index is 12.8. The predicted octanol–water partition coefficient (Wildman–Crippen LogP) is 5.35. The van der Waals surface area contributed by atoms with Gasteiger partial charge in [-0.3, -0.25) is 4.72 Å². The van der Waals surface area contributed by atoms with Gasteiger partial charge in [0.1, 0.15) is 5.75 Å². The van der Waals surface area contributed by atoms with E-state index in [1.807, 2.05) is 30.4 Å². The largest absolute Gasteiger partial charge is 0.495 e. The number of benzene rings is 3. The molecule has 0 atom stereocenters. The van der Waals surface area contributed by atoms with Crippen molar-refractivity contribution in [1.29, 1.82) is 0 Å². The molecule has 1 N–H and O–H groups in total. The Morgan fingerprint density at radius 2 is 1.39 bits per heavy atom. The van der Waals surface area contributed by atoms with Crippen LogP contribution >= 0.6 is 11.6 Å². The minimum absolute atomic E-state index is 0.0340. The minimum atomic E-state index is -3.83. The van der Waals surface area contributed by atoms with E-state index in [2.05, 4.69) is 4.72 Å². The van der Waals surface area contributed by atoms with Crippen LogP contribution in [0.2, 0.25) is 5.02 Å². The average molecular weight is 490 g/mol. The van der Waals surface area contributed by atoms with Crippen molar-refractivity contribution in [3.05, 3.63) is 70.7 Å². The van der Waals surface area contributed by atoms with Crippen molar-refractivity contribution >= 4 is 39.5 Å². The molecule has 3 aromatic rings. The predicted molar refractivity (Wildman–Crippen MR) is 130 cm³/mol. The van der Waals surface area contributed by atoms with E-state index in [9.17, 15) is 8.42 Å². The van der Waals surface area contributed by atoms with Crippen molar-refractivity contribution < 1.29 is 27.4 Å². The van der Waals surface area contributed by atoms with Crippen LogP contribution in [0.15, 0.2) is 59.5 Å². The third kappa shape index (κ3) is 5.71. The van der Waals surface area contributed by atoms with E-state index in [0.717, 1.165) is 11.1 Å². The van der Waals surface area contributed by atoms with Gasteiger partial charge in [-0.05, 0) is 53.6 Å². The summed E-state index contributed by atoms with van der Waals surface area (Å²) in [6.45, 7) is 0. The van der Waals surface area contributed by atoms with E-state index in [1.165, 1.54) is 25.3 Å². The molecule has 0 aromatic heterocycles. The van der Waals surface area contributed by atoms with Crippen LogP contribution in [0.5, 0.6) is 23.0 Å². The normalized spacial score (nSPS) is 11.3. The maximum absolute atomic E-state index is 12.8. The highest BCUT2D eigenvalue weighted by atomic mass is 35.5. The topological polar surface area (TPSA) is 83.1 Å². The lowest BCUT2D eigenvalue weighted by molar-refractivity contribution is 0.324. The first kappa shape index (κ1) is 24.3. The highest BCUT2D eigenvalue weighted by Crippen LogP contribution is 2.38. The van der Waals surface area contributed by atoms with Gasteiger partial charge in [0.05, 0.1) is 38.4 Å². The first-order chi connectivity index (χ1) is 15.8. The van der Waals surface area contributed by atoms with Crippen LogP contribution in [0.25, 0.3) is 12.2 Å². The molecule has 0 aliphatic carbocycles. The highest BCUT2D eigenvalue weighted by Gasteiger charge is 2.16. The van der Waals surface area contributed by atoms with Gasteiger partial charge in [0.15, 0.2) is 11.5 Å². The van der Waals surface area contributed by atoms with E-state index < -0.39 is 10.0 Å². The Bertz CT molecular complexity index is 1250. The van der Waals surface area contributed by atoms with E-state index in [-0.39, 0.29) is 9.92 Å². The zero-order valence-electron chi connectivity index (χ0n) is 18.6. The van der Waals surface area contributed by atoms with E-state index >= 15 is 0 Å². The Morgan fingerprint density at radius 1 is 0.758 bits per heavy atom. The monoisotopic (exact) mass is 489 g/mol. The van der Waals surface area contributed by atoms with E-state index in [1.54, 1.807) is 39.5 Å². The van der Waals surface area contributed by atoms with Crippen LogP contribution in [0.4, 0.5) is 5.69 Å². The fourth-order valence-corrected chi connectivity index (χ4v) is 4.52. The summed E-state index contributed by atoms with van der Waals surface area (Å²) in [5, 5.41) is 0.211. The Balaban J connectivity index is 1.84. The number of ether oxygens (including phenoxy) is 4. The SMILES string of the molecule is COc1ccc(S(=O)(=O)Nc2cccc(C=Cc3cc(OC)c(OC)c(OC)c3)c2)cc1Cl. The molecule has 0 aliphatic heterocycles. The molecule has 3 rings (SSSR count). The summed E-state index contributed by atoms with van der Waals surface area (Å²) < 4.78 is 49.3. The second kappa shape index (κ2) is 10.5. The summed E-state index contributed by atoms with van der Waals surface area (Å²) in [6.07, 6.45) is 3.71. The van der Waals surface area contributed by atoms with Crippen LogP contribution in [0.1, 0.15) is 11.1 Å². The second-order valence-electron chi connectivity index (χ2n) is 6.82. The van der Waals surface area contributed by atoms with Gasteiger partial charge in [-0.1, -0.05) is 35.9 Å². The molecular formula is C24H24ClNO6S. The molecule has 0 heterocycles. The fourth-order valence-electron chi connectivity index (χ4n) is 3.12. The third-order valence-corrected chi connectivity index (χ3v) is 6.40. The number of halogens is 1. The van der Waals surface area contributed by atoms with Gasteiger partial charge in [-0.2, -0.15) is 0 Å². The van der Waals surface area contributed by atoms with Crippen LogP contribution in [-0.2, 0) is 10.0 Å². The molecule has 0 bridgehead atoms. The van der Waals surface area contributed by atoms with Crippen molar-refractivity contribution in [2.24, 2.45) is 0 Å². The summed E-state index contributed by atoms with van der Waals surface area (Å²) in [5.74, 6) is 1.98. The number of rotatable bonds is 9. The summed E-state index contributed by atoms with van der Waals surface area (Å²) >= 11 is 6.07. The Kier molecular flexibility index (Phi) is 7.73. The van der Waals surface area contributed by atoms with Gasteiger partial charge in [-0.15, -0.1) is 0 Å². The Morgan fingerprint density at radius 3 is 1.97 bits per heavy atom. The molecule has 33 heavy (non-hydrogen) atoms. The van der Waals surface area contributed by atoms with Crippen LogP contribution in [0, 0.1) is 0 Å². The van der Waals surface area contributed by atoms with Gasteiger partial charge in [0.25, 0.3) is 10.0 Å². The summed E-state index contributed by atoms with van der Waals surface area (Å²) in [4.78, 5) is 0.0340. The van der Waals surface area contributed by atoms with Crippen molar-refractivity contribution in [2.75, 3.05) is 33.2 Å². The van der Waals surface area contributed by atoms with Crippen molar-refractivity contribution in [2.45, 2.75) is 4.90 Å². The number of hydrogen-bond donors (Lipinski definition) is 1. The lowest BCUT2D eigenvalue weighted by Crippen LogP contribution is -2.13. The van der Waals surface area contributed by atoms with Gasteiger partial charge in [-0.25, -0.2) is 8.42 Å². The van der Waals surface area contributed by atoms with E-state index in [4.69, 9.17) is 30.5 Å². The zero-order valence-corrected chi connectivity index (χ0v) is 20.2. The van der Waals surface area contributed by atoms with Gasteiger partial charge in [0, 0.05) is 5.69 Å². The molecule has 0 radical (unpaired) electrons. The number of methoxy groups -OCH3 is 4. The smallest absolute Gasteiger partial charge is 0.261 e. The zero-order chi connectivity index (χ0) is 24.0. The molecule has 0 saturated carbocycles. The van der Waals surface area contributed by atoms with E-state index in [0.29, 0.717) is 28.7 Å². The molecule has 0 fully saturated rings. The lowest BCUT2D eigenvalue weighted by atomic mass is 10.1. The molecule has 0 spiro atoms. The number of nitrogens with one attached hydrogen (secondary N) is 1. The molecule has 3 aromatic carbocycles. The quantitative estimate of drug-likeness (QED) is 0.408. The Labute approximate surface area is 198 Å². The van der Waals surface area contributed by atoms with Crippen LogP contribution in [0.3, 0.4) is 0 Å². The van der Waals surface area contributed by atoms with Gasteiger partial charge >= 0.3 is 0 Å². The summed E-state index contributed by atoms with van der Waals surface area (Å²) in [7, 11) is 2.28. The average Bonchev–Trinajstić information content (AvgIpc) is 2.81. The first-order valence-electron chi connectivity index (χ1n) is 9.75. The molecule has 7 nitrogen and oxygen atoms in total. The number of hydrogen-bond acceptors (Lipinski definition) is 6. The summed E-state index contributed by atoms with van der Waals surface area (Å²) in [5.41, 5.74) is 2.02. The molecule has 0 saturated heterocycles. The molecule has 0 aliphatic rings. The lowest BCUT2D eigenvalue weighted by Gasteiger charge is -2.13. The first-order valence-corrected chi connectivity index (χ1v) is 11.6. The van der Waals surface area contributed by atoms with Crippen molar-refractivity contribution in [3.63, 3.8) is 0 Å². The van der Waals surface area contributed by atoms with Crippen LogP contribution in [-0.4, -0.2) is 36.9 Å². The van der Waals surface area contributed by atoms with Crippen molar-refractivity contribution in [3.8, 4) is 23.0 Å².